The van der Waals surface area contributed by atoms with Crippen LogP contribution in [0, 0.1) is 0 Å². The van der Waals surface area contributed by atoms with Crippen molar-refractivity contribution < 1.29 is 9.59 Å². The Morgan fingerprint density at radius 2 is 1.69 bits per heavy atom. The van der Waals surface area contributed by atoms with E-state index in [1.54, 1.807) is 24.3 Å². The number of carbonyl (C=O) groups is 2. The average Bonchev–Trinajstić information content (AvgIpc) is 3.23. The van der Waals surface area contributed by atoms with Crippen LogP contribution in [0.1, 0.15) is 27.8 Å². The van der Waals surface area contributed by atoms with Crippen molar-refractivity contribution in [3.05, 3.63) is 112 Å². The van der Waals surface area contributed by atoms with E-state index in [0.29, 0.717) is 16.7 Å². The van der Waals surface area contributed by atoms with E-state index >= 15 is 0 Å². The number of H-pyrrole nitrogens is 1. The number of amides is 2. The molecule has 0 aliphatic carbocycles. The molecule has 1 atom stereocenters. The van der Waals surface area contributed by atoms with E-state index in [1.165, 1.54) is 6.20 Å². The van der Waals surface area contributed by atoms with Crippen molar-refractivity contribution in [2.45, 2.75) is 6.04 Å². The van der Waals surface area contributed by atoms with Crippen LogP contribution >= 0.6 is 0 Å². The summed E-state index contributed by atoms with van der Waals surface area (Å²) in [7, 11) is 1.90. The zero-order chi connectivity index (χ0) is 24.4. The number of rotatable bonds is 6. The topological polar surface area (TPSA) is 109 Å². The van der Waals surface area contributed by atoms with Crippen LogP contribution in [-0.2, 0) is 11.8 Å². The molecule has 0 fully saturated rings. The highest BCUT2D eigenvalue weighted by molar-refractivity contribution is 5.98. The number of hydrogen-bond acceptors (Lipinski definition) is 4. The summed E-state index contributed by atoms with van der Waals surface area (Å²) in [6.07, 6.45) is 1.37. The zero-order valence-electron chi connectivity index (χ0n) is 19.0. The number of hydrogen-bond donors (Lipinski definition) is 3. The minimum Gasteiger partial charge on any atom is -0.360 e. The smallest absolute Gasteiger partial charge is 0.257 e. The molecule has 0 saturated carbocycles. The van der Waals surface area contributed by atoms with E-state index in [4.69, 9.17) is 4.98 Å². The van der Waals surface area contributed by atoms with Gasteiger partial charge in [0.15, 0.2) is 0 Å². The van der Waals surface area contributed by atoms with Crippen LogP contribution in [0.15, 0.2) is 89.9 Å². The number of imidazole rings is 1. The van der Waals surface area contributed by atoms with Gasteiger partial charge in [-0.2, -0.15) is 0 Å². The molecule has 5 rings (SSSR count). The number of carbonyl (C=O) groups excluding carboxylic acids is 2. The van der Waals surface area contributed by atoms with Gasteiger partial charge in [-0.1, -0.05) is 54.6 Å². The summed E-state index contributed by atoms with van der Waals surface area (Å²) in [6.45, 7) is -0.293. The van der Waals surface area contributed by atoms with E-state index in [9.17, 15) is 14.4 Å². The molecule has 174 valence electrons. The van der Waals surface area contributed by atoms with Crippen LogP contribution in [-0.4, -0.2) is 32.9 Å². The van der Waals surface area contributed by atoms with Gasteiger partial charge in [0.2, 0.25) is 11.3 Å². The van der Waals surface area contributed by atoms with Crippen LogP contribution < -0.4 is 16.1 Å². The number of pyridine rings is 1. The van der Waals surface area contributed by atoms with Gasteiger partial charge in [-0.3, -0.25) is 14.4 Å². The largest absolute Gasteiger partial charge is 0.360 e. The first-order valence-corrected chi connectivity index (χ1v) is 11.2. The number of aromatic amines is 1. The number of nitrogens with one attached hydrogen (secondary N) is 3. The zero-order valence-corrected chi connectivity index (χ0v) is 19.0. The molecule has 8 heteroatoms. The Bertz CT molecular complexity index is 1600. The van der Waals surface area contributed by atoms with Crippen LogP contribution in [0.5, 0.6) is 0 Å². The fourth-order valence-corrected chi connectivity index (χ4v) is 4.17. The van der Waals surface area contributed by atoms with Crippen LogP contribution in [0.2, 0.25) is 0 Å². The minimum atomic E-state index is -0.619. The molecule has 2 amide bonds. The van der Waals surface area contributed by atoms with Crippen LogP contribution in [0.25, 0.3) is 21.9 Å². The molecule has 8 nitrogen and oxygen atoms in total. The van der Waals surface area contributed by atoms with E-state index in [2.05, 4.69) is 15.6 Å². The lowest BCUT2D eigenvalue weighted by Gasteiger charge is -2.19. The fourth-order valence-electron chi connectivity index (χ4n) is 4.17. The summed E-state index contributed by atoms with van der Waals surface area (Å²) >= 11 is 0. The Morgan fingerprint density at radius 1 is 0.971 bits per heavy atom. The Hall–Kier alpha value is -4.72. The van der Waals surface area contributed by atoms with E-state index < -0.39 is 17.9 Å². The molecular weight excluding hydrogens is 442 g/mol. The normalized spacial score (nSPS) is 11.9. The summed E-state index contributed by atoms with van der Waals surface area (Å²) in [5.41, 5.74) is 2.83. The van der Waals surface area contributed by atoms with Crippen molar-refractivity contribution in [3.8, 4) is 0 Å². The lowest BCUT2D eigenvalue weighted by atomic mass is 10.1. The molecule has 0 spiro atoms. The molecule has 0 saturated heterocycles. The molecule has 1 unspecified atom stereocenters. The van der Waals surface area contributed by atoms with Crippen molar-refractivity contribution in [3.63, 3.8) is 0 Å². The molecule has 35 heavy (non-hydrogen) atoms. The highest BCUT2D eigenvalue weighted by atomic mass is 16.2. The summed E-state index contributed by atoms with van der Waals surface area (Å²) < 4.78 is 1.94. The highest BCUT2D eigenvalue weighted by Gasteiger charge is 2.23. The maximum atomic E-state index is 12.9. The van der Waals surface area contributed by atoms with Gasteiger partial charge in [-0.15, -0.1) is 0 Å². The molecule has 2 aromatic heterocycles. The van der Waals surface area contributed by atoms with Gasteiger partial charge in [0.05, 0.1) is 17.6 Å². The second kappa shape index (κ2) is 9.26. The Balaban J connectivity index is 1.36. The van der Waals surface area contributed by atoms with Gasteiger partial charge < -0.3 is 20.2 Å². The number of para-hydroxylation sites is 3. The molecule has 0 aliphatic rings. The maximum Gasteiger partial charge on any atom is 0.257 e. The quantitative estimate of drug-likeness (QED) is 0.358. The molecule has 2 heterocycles. The summed E-state index contributed by atoms with van der Waals surface area (Å²) in [5, 5.41) is 5.95. The van der Waals surface area contributed by atoms with Gasteiger partial charge in [-0.05, 0) is 29.8 Å². The van der Waals surface area contributed by atoms with E-state index in [-0.39, 0.29) is 17.5 Å². The van der Waals surface area contributed by atoms with Crippen LogP contribution in [0.3, 0.4) is 0 Å². The first-order valence-electron chi connectivity index (χ1n) is 11.2. The van der Waals surface area contributed by atoms with Gasteiger partial charge in [0.25, 0.3) is 5.91 Å². The van der Waals surface area contributed by atoms with Gasteiger partial charge in [0.1, 0.15) is 17.4 Å². The van der Waals surface area contributed by atoms with Gasteiger partial charge in [-0.25, -0.2) is 4.98 Å². The lowest BCUT2D eigenvalue weighted by Crippen LogP contribution is -2.40. The standard InChI is InChI=1S/C27H23N5O3/c1-32-22-14-8-7-13-21(22)30-26(32)24(17-9-3-2-4-10-17)31-23(33)16-29-27(35)19-15-28-20-12-6-5-11-18(20)25(19)34/h2-15,24H,16H2,1H3,(H,28,34)(H,29,35)(H,31,33). The molecule has 3 N–H and O–H groups in total. The third kappa shape index (κ3) is 4.29. The second-order valence-corrected chi connectivity index (χ2v) is 8.19. The highest BCUT2D eigenvalue weighted by Crippen LogP contribution is 2.24. The summed E-state index contributed by atoms with van der Waals surface area (Å²) in [4.78, 5) is 46.0. The number of benzene rings is 3. The second-order valence-electron chi connectivity index (χ2n) is 8.19. The molecular formula is C27H23N5O3. The first kappa shape index (κ1) is 22.1. The Kier molecular flexibility index (Phi) is 5.85. The number of aromatic nitrogens is 3. The fraction of sp³-hybridized carbons (Fsp3) is 0.111. The predicted molar refractivity (Wildman–Crippen MR) is 134 cm³/mol. The maximum absolute atomic E-state index is 12.9. The van der Waals surface area contributed by atoms with Gasteiger partial charge in [0, 0.05) is 24.1 Å². The number of nitrogens with zero attached hydrogens (tertiary/aromatic N) is 2. The minimum absolute atomic E-state index is 0.0496. The predicted octanol–water partition coefficient (Wildman–Crippen LogP) is 3.05. The molecule has 3 aromatic carbocycles. The van der Waals surface area contributed by atoms with Crippen LogP contribution in [0.4, 0.5) is 0 Å². The molecule has 0 aliphatic heterocycles. The third-order valence-electron chi connectivity index (χ3n) is 5.96. The molecule has 5 aromatic rings. The first-order chi connectivity index (χ1) is 17.0. The number of aryl methyl sites for hydroxylation is 1. The van der Waals surface area contributed by atoms with Crippen molar-refractivity contribution in [2.24, 2.45) is 7.05 Å². The third-order valence-corrected chi connectivity index (χ3v) is 5.96. The van der Waals surface area contributed by atoms with E-state index in [0.717, 1.165) is 16.6 Å². The Morgan fingerprint density at radius 3 is 2.49 bits per heavy atom. The van der Waals surface area contributed by atoms with Crippen molar-refractivity contribution in [1.82, 2.24) is 25.2 Å². The van der Waals surface area contributed by atoms with E-state index in [1.807, 2.05) is 66.2 Å². The lowest BCUT2D eigenvalue weighted by molar-refractivity contribution is -0.120. The number of fused-ring (bicyclic) bond motifs is 2. The Labute approximate surface area is 200 Å². The molecule has 0 radical (unpaired) electrons. The average molecular weight is 466 g/mol. The summed E-state index contributed by atoms with van der Waals surface area (Å²) in [5.74, 6) is -0.356. The monoisotopic (exact) mass is 465 g/mol. The SMILES string of the molecule is Cn1c(C(NC(=O)CNC(=O)c2c[nH]c3ccccc3c2=O)c2ccccc2)nc2ccccc21. The molecule has 0 bridgehead atoms. The van der Waals surface area contributed by atoms with Crippen molar-refractivity contribution in [1.29, 1.82) is 0 Å². The van der Waals surface area contributed by atoms with Gasteiger partial charge >= 0.3 is 0 Å². The summed E-state index contributed by atoms with van der Waals surface area (Å²) in [6, 6.07) is 23.7. The van der Waals surface area contributed by atoms with Crippen molar-refractivity contribution >= 4 is 33.8 Å². The van der Waals surface area contributed by atoms with Crippen molar-refractivity contribution in [2.75, 3.05) is 6.54 Å².